The topological polar surface area (TPSA) is 43.1 Å². The molecule has 106 valence electrons. The van der Waals surface area contributed by atoms with Gasteiger partial charge in [-0.2, -0.15) is 0 Å². The van der Waals surface area contributed by atoms with Gasteiger partial charge >= 0.3 is 0 Å². The van der Waals surface area contributed by atoms with Crippen molar-refractivity contribution >= 4 is 11.5 Å². The number of rotatable bonds is 2. The van der Waals surface area contributed by atoms with Gasteiger partial charge in [-0.3, -0.25) is 4.79 Å². The molecule has 20 heavy (non-hydrogen) atoms. The summed E-state index contributed by atoms with van der Waals surface area (Å²) in [6.07, 6.45) is 7.52. The van der Waals surface area contributed by atoms with Crippen molar-refractivity contribution in [3.05, 3.63) is 29.3 Å². The van der Waals surface area contributed by atoms with E-state index in [0.29, 0.717) is 5.78 Å². The molecule has 4 fully saturated rings. The summed E-state index contributed by atoms with van der Waals surface area (Å²) in [4.78, 5) is 13.1. The van der Waals surface area contributed by atoms with Crippen LogP contribution in [0.4, 0.5) is 5.69 Å². The van der Waals surface area contributed by atoms with Gasteiger partial charge in [-0.1, -0.05) is 12.1 Å². The van der Waals surface area contributed by atoms with Crippen molar-refractivity contribution in [2.75, 3.05) is 5.73 Å². The normalized spacial score (nSPS) is 38.1. The Bertz CT molecular complexity index is 539. The fourth-order valence-electron chi connectivity index (χ4n) is 5.48. The van der Waals surface area contributed by atoms with Gasteiger partial charge in [0, 0.05) is 16.7 Å². The predicted octanol–water partition coefficient (Wildman–Crippen LogP) is 3.98. The second-order valence-electron chi connectivity index (χ2n) is 7.60. The number of aryl methyl sites for hydroxylation is 1. The standard InChI is InChI=1S/C18H23NO/c1-11-2-3-15(7-16(11)19)17(20)18-8-12-4-13(9-18)6-14(5-12)10-18/h2-3,7,12-14H,4-6,8-10,19H2,1H3. The Balaban J connectivity index is 1.69. The minimum Gasteiger partial charge on any atom is -0.398 e. The molecule has 0 heterocycles. The number of anilines is 1. The van der Waals surface area contributed by atoms with Crippen molar-refractivity contribution in [2.24, 2.45) is 23.2 Å². The number of ketones is 1. The first-order valence-corrected chi connectivity index (χ1v) is 7.97. The maximum absolute atomic E-state index is 13.1. The fraction of sp³-hybridized carbons (Fsp3) is 0.611. The van der Waals surface area contributed by atoms with Crippen LogP contribution in [0.25, 0.3) is 0 Å². The Hall–Kier alpha value is -1.31. The van der Waals surface area contributed by atoms with Crippen LogP contribution in [-0.4, -0.2) is 5.78 Å². The highest BCUT2D eigenvalue weighted by Crippen LogP contribution is 2.60. The van der Waals surface area contributed by atoms with E-state index in [2.05, 4.69) is 0 Å². The third kappa shape index (κ3) is 1.73. The third-order valence-corrected chi connectivity index (χ3v) is 6.06. The highest BCUT2D eigenvalue weighted by molar-refractivity contribution is 6.01. The number of benzene rings is 1. The van der Waals surface area contributed by atoms with Gasteiger partial charge in [-0.25, -0.2) is 0 Å². The number of nitrogen functional groups attached to an aromatic ring is 1. The molecule has 1 aromatic rings. The van der Waals surface area contributed by atoms with Gasteiger partial charge in [0.05, 0.1) is 0 Å². The second-order valence-corrected chi connectivity index (χ2v) is 7.60. The minimum atomic E-state index is -0.0452. The van der Waals surface area contributed by atoms with E-state index in [4.69, 9.17) is 5.73 Å². The molecule has 2 N–H and O–H groups in total. The van der Waals surface area contributed by atoms with Crippen LogP contribution in [0, 0.1) is 30.1 Å². The summed E-state index contributed by atoms with van der Waals surface area (Å²) in [6, 6.07) is 5.87. The van der Waals surface area contributed by atoms with Crippen molar-refractivity contribution in [3.63, 3.8) is 0 Å². The lowest BCUT2D eigenvalue weighted by atomic mass is 9.48. The molecule has 0 aromatic heterocycles. The Morgan fingerprint density at radius 3 is 2.15 bits per heavy atom. The first-order valence-electron chi connectivity index (χ1n) is 7.97. The number of Topliss-reactive ketones (excluding diaryl/α,β-unsaturated/α-hetero) is 1. The van der Waals surface area contributed by atoms with Crippen LogP contribution in [-0.2, 0) is 0 Å². The van der Waals surface area contributed by atoms with Crippen molar-refractivity contribution in [1.29, 1.82) is 0 Å². The minimum absolute atomic E-state index is 0.0452. The molecule has 0 aliphatic heterocycles. The zero-order valence-corrected chi connectivity index (χ0v) is 12.2. The van der Waals surface area contributed by atoms with Crippen molar-refractivity contribution in [1.82, 2.24) is 0 Å². The first kappa shape index (κ1) is 12.4. The fourth-order valence-corrected chi connectivity index (χ4v) is 5.48. The van der Waals surface area contributed by atoms with Crippen LogP contribution < -0.4 is 5.73 Å². The van der Waals surface area contributed by atoms with Crippen LogP contribution in [0.3, 0.4) is 0 Å². The average molecular weight is 269 g/mol. The van der Waals surface area contributed by atoms with Crippen molar-refractivity contribution in [3.8, 4) is 0 Å². The molecule has 1 aromatic carbocycles. The van der Waals surface area contributed by atoms with E-state index < -0.39 is 0 Å². The van der Waals surface area contributed by atoms with Crippen molar-refractivity contribution < 1.29 is 4.79 Å². The molecule has 0 atom stereocenters. The molecule has 0 spiro atoms. The van der Waals surface area contributed by atoms with Crippen LogP contribution in [0.2, 0.25) is 0 Å². The highest BCUT2D eigenvalue weighted by Gasteiger charge is 2.54. The largest absolute Gasteiger partial charge is 0.398 e. The molecule has 2 nitrogen and oxygen atoms in total. The van der Waals surface area contributed by atoms with Gasteiger partial charge in [-0.15, -0.1) is 0 Å². The Morgan fingerprint density at radius 2 is 1.65 bits per heavy atom. The van der Waals surface area contributed by atoms with E-state index >= 15 is 0 Å². The number of hydrogen-bond donors (Lipinski definition) is 1. The molecule has 0 amide bonds. The van der Waals surface area contributed by atoms with Crippen LogP contribution in [0.15, 0.2) is 18.2 Å². The summed E-state index contributed by atoms with van der Waals surface area (Å²) in [7, 11) is 0. The second kappa shape index (κ2) is 4.09. The summed E-state index contributed by atoms with van der Waals surface area (Å²) in [5, 5.41) is 0. The molecule has 4 saturated carbocycles. The number of carbonyl (C=O) groups is 1. The van der Waals surface area contributed by atoms with Gasteiger partial charge in [0.25, 0.3) is 0 Å². The van der Waals surface area contributed by atoms with E-state index in [9.17, 15) is 4.79 Å². The van der Waals surface area contributed by atoms with E-state index in [1.54, 1.807) is 0 Å². The Labute approximate surface area is 120 Å². The molecule has 4 bridgehead atoms. The highest BCUT2D eigenvalue weighted by atomic mass is 16.1. The molecule has 4 aliphatic carbocycles. The summed E-state index contributed by atoms with van der Waals surface area (Å²) < 4.78 is 0. The SMILES string of the molecule is Cc1ccc(C(=O)C23CC4CC(CC(C4)C2)C3)cc1N. The van der Waals surface area contributed by atoms with E-state index in [1.165, 1.54) is 19.3 Å². The number of hydrogen-bond acceptors (Lipinski definition) is 2. The predicted molar refractivity (Wildman–Crippen MR) is 80.5 cm³/mol. The summed E-state index contributed by atoms with van der Waals surface area (Å²) in [6.45, 7) is 1.99. The van der Waals surface area contributed by atoms with E-state index in [0.717, 1.165) is 53.8 Å². The molecule has 0 saturated heterocycles. The van der Waals surface area contributed by atoms with Gasteiger partial charge in [-0.05, 0) is 74.8 Å². The van der Waals surface area contributed by atoms with E-state index in [-0.39, 0.29) is 5.41 Å². The summed E-state index contributed by atoms with van der Waals surface area (Å²) in [5.41, 5.74) is 8.61. The molecule has 0 radical (unpaired) electrons. The third-order valence-electron chi connectivity index (χ3n) is 6.06. The lowest BCUT2D eigenvalue weighted by Crippen LogP contribution is -2.50. The molecule has 4 aliphatic rings. The smallest absolute Gasteiger partial charge is 0.169 e. The van der Waals surface area contributed by atoms with Gasteiger partial charge < -0.3 is 5.73 Å². The molecule has 0 unspecified atom stereocenters. The van der Waals surface area contributed by atoms with Crippen LogP contribution >= 0.6 is 0 Å². The monoisotopic (exact) mass is 269 g/mol. The van der Waals surface area contributed by atoms with Gasteiger partial charge in [0.1, 0.15) is 0 Å². The van der Waals surface area contributed by atoms with Crippen LogP contribution in [0.1, 0.15) is 54.4 Å². The van der Waals surface area contributed by atoms with Crippen LogP contribution in [0.5, 0.6) is 0 Å². The maximum Gasteiger partial charge on any atom is 0.169 e. The number of carbonyl (C=O) groups excluding carboxylic acids is 1. The Kier molecular flexibility index (Phi) is 2.55. The molecular weight excluding hydrogens is 246 g/mol. The molecule has 2 heteroatoms. The first-order chi connectivity index (χ1) is 9.56. The summed E-state index contributed by atoms with van der Waals surface area (Å²) >= 11 is 0. The zero-order chi connectivity index (χ0) is 13.9. The van der Waals surface area contributed by atoms with Gasteiger partial charge in [0.15, 0.2) is 5.78 Å². The van der Waals surface area contributed by atoms with Crippen molar-refractivity contribution in [2.45, 2.75) is 45.4 Å². The maximum atomic E-state index is 13.1. The van der Waals surface area contributed by atoms with Gasteiger partial charge in [0.2, 0.25) is 0 Å². The quantitative estimate of drug-likeness (QED) is 0.652. The lowest BCUT2D eigenvalue weighted by molar-refractivity contribution is -0.0353. The number of nitrogens with two attached hydrogens (primary N) is 1. The summed E-state index contributed by atoms with van der Waals surface area (Å²) in [5.74, 6) is 2.82. The molecule has 5 rings (SSSR count). The van der Waals surface area contributed by atoms with E-state index in [1.807, 2.05) is 25.1 Å². The Morgan fingerprint density at radius 1 is 1.10 bits per heavy atom. The molecular formula is C18H23NO. The zero-order valence-electron chi connectivity index (χ0n) is 12.2. The average Bonchev–Trinajstić information content (AvgIpc) is 2.39. The lowest BCUT2D eigenvalue weighted by Gasteiger charge is -2.56.